The zero-order valence-corrected chi connectivity index (χ0v) is 17.2. The number of benzene rings is 1. The van der Waals surface area contributed by atoms with Gasteiger partial charge in [0.1, 0.15) is 6.04 Å². The van der Waals surface area contributed by atoms with Crippen LogP contribution in [-0.2, 0) is 18.3 Å². The van der Waals surface area contributed by atoms with E-state index in [2.05, 4.69) is 15.1 Å². The fourth-order valence-corrected chi connectivity index (χ4v) is 3.10. The molecule has 0 saturated heterocycles. The van der Waals surface area contributed by atoms with Crippen LogP contribution in [0.4, 0.5) is 19.1 Å². The Morgan fingerprint density at radius 1 is 1.22 bits per heavy atom. The molecule has 0 spiro atoms. The lowest BCUT2D eigenvalue weighted by molar-refractivity contribution is -0.200. The summed E-state index contributed by atoms with van der Waals surface area (Å²) in [5, 5.41) is 12.9. The molecule has 5 N–H and O–H groups in total. The number of carbonyl (C=O) groups is 1. The van der Waals surface area contributed by atoms with Gasteiger partial charge in [0.25, 0.3) is 0 Å². The normalized spacial score (nSPS) is 13.6. The first-order chi connectivity index (χ1) is 14.9. The lowest BCUT2D eigenvalue weighted by atomic mass is 10.0. The molecule has 0 fully saturated rings. The molecule has 0 amide bonds. The fourth-order valence-electron chi connectivity index (χ4n) is 3.10. The van der Waals surface area contributed by atoms with Gasteiger partial charge in [0.15, 0.2) is 0 Å². The number of carboxylic acids is 1. The number of ether oxygens (including phenoxy) is 1. The first-order valence-corrected chi connectivity index (χ1v) is 9.40. The molecule has 0 radical (unpaired) electrons. The number of anilines is 1. The molecule has 2 atom stereocenters. The Morgan fingerprint density at radius 3 is 2.41 bits per heavy atom. The first-order valence-electron chi connectivity index (χ1n) is 9.40. The van der Waals surface area contributed by atoms with Crippen LogP contribution in [0.5, 0.6) is 5.88 Å². The summed E-state index contributed by atoms with van der Waals surface area (Å²) in [6, 6.07) is 8.02. The third-order valence-corrected chi connectivity index (χ3v) is 4.59. The number of hydrogen-bond acceptors (Lipinski definition) is 7. The van der Waals surface area contributed by atoms with Crippen LogP contribution in [0.15, 0.2) is 36.4 Å². The molecule has 170 valence electrons. The number of aryl methyl sites for hydroxylation is 2. The number of carboxylic acid groups (broad SMARTS) is 1. The van der Waals surface area contributed by atoms with E-state index in [1.54, 1.807) is 31.2 Å². The highest BCUT2D eigenvalue weighted by molar-refractivity contribution is 5.73. The van der Waals surface area contributed by atoms with Crippen molar-refractivity contribution in [1.29, 1.82) is 0 Å². The average Bonchev–Trinajstić information content (AvgIpc) is 3.02. The number of alkyl halides is 3. The molecule has 0 bridgehead atoms. The van der Waals surface area contributed by atoms with Gasteiger partial charge in [0.2, 0.25) is 17.9 Å². The molecule has 2 unspecified atom stereocenters. The van der Waals surface area contributed by atoms with Gasteiger partial charge in [-0.05, 0) is 25.0 Å². The number of nitrogen functional groups attached to an aromatic ring is 1. The molecule has 0 saturated carbocycles. The Morgan fingerprint density at radius 2 is 1.88 bits per heavy atom. The predicted octanol–water partition coefficient (Wildman–Crippen LogP) is 2.40. The van der Waals surface area contributed by atoms with Gasteiger partial charge in [-0.15, -0.1) is 0 Å². The van der Waals surface area contributed by atoms with E-state index in [-0.39, 0.29) is 29.6 Å². The molecule has 3 aromatic rings. The molecule has 0 aliphatic heterocycles. The third-order valence-electron chi connectivity index (χ3n) is 4.59. The van der Waals surface area contributed by atoms with Crippen LogP contribution in [0.3, 0.4) is 0 Å². The summed E-state index contributed by atoms with van der Waals surface area (Å²) >= 11 is 0. The second-order valence-corrected chi connectivity index (χ2v) is 7.17. The number of nitrogens with two attached hydrogens (primary N) is 2. The van der Waals surface area contributed by atoms with Crippen molar-refractivity contribution in [1.82, 2.24) is 19.7 Å². The van der Waals surface area contributed by atoms with Gasteiger partial charge < -0.3 is 21.3 Å². The number of nitrogens with zero attached hydrogens (tertiary/aromatic N) is 4. The maximum Gasteiger partial charge on any atom is 0.431 e. The lowest BCUT2D eigenvalue weighted by Gasteiger charge is -2.21. The maximum absolute atomic E-state index is 13.7. The highest BCUT2D eigenvalue weighted by Crippen LogP contribution is 2.37. The summed E-state index contributed by atoms with van der Waals surface area (Å²) in [4.78, 5) is 18.7. The topological polar surface area (TPSA) is 142 Å². The van der Waals surface area contributed by atoms with Crippen LogP contribution in [0.1, 0.15) is 23.1 Å². The molecule has 9 nitrogen and oxygen atoms in total. The largest absolute Gasteiger partial charge is 0.480 e. The SMILES string of the molecule is Cc1cc(C(Oc2cc(-c3ccc(CC(N)C(=O)O)cc3)nc(N)n2)C(F)(F)F)n(C)n1. The summed E-state index contributed by atoms with van der Waals surface area (Å²) in [6.07, 6.45) is -6.92. The Labute approximate surface area is 180 Å². The van der Waals surface area contributed by atoms with E-state index in [0.717, 1.165) is 4.68 Å². The van der Waals surface area contributed by atoms with E-state index >= 15 is 0 Å². The standard InChI is InChI=1S/C20H21F3N6O3/c1-10-7-15(29(2)28-10)17(20(21,22)23)32-16-9-14(26-19(25)27-16)12-5-3-11(4-6-12)8-13(24)18(30)31/h3-7,9,13,17H,8,24H2,1-2H3,(H,30,31)(H2,25,26,27). The average molecular weight is 450 g/mol. The first kappa shape index (κ1) is 23.0. The molecule has 1 aromatic carbocycles. The Kier molecular flexibility index (Phi) is 6.35. The molecule has 32 heavy (non-hydrogen) atoms. The Balaban J connectivity index is 1.89. The van der Waals surface area contributed by atoms with Crippen LogP contribution >= 0.6 is 0 Å². The molecular weight excluding hydrogens is 429 g/mol. The van der Waals surface area contributed by atoms with Gasteiger partial charge in [-0.25, -0.2) is 4.98 Å². The van der Waals surface area contributed by atoms with E-state index in [1.807, 2.05) is 0 Å². The number of hydrogen-bond donors (Lipinski definition) is 3. The van der Waals surface area contributed by atoms with Crippen molar-refractivity contribution in [2.45, 2.75) is 31.7 Å². The highest BCUT2D eigenvalue weighted by atomic mass is 19.4. The summed E-state index contributed by atoms with van der Waals surface area (Å²) in [7, 11) is 1.39. The minimum absolute atomic E-state index is 0.118. The van der Waals surface area contributed by atoms with E-state index in [0.29, 0.717) is 16.8 Å². The number of aliphatic carboxylic acids is 1. The van der Waals surface area contributed by atoms with Crippen LogP contribution in [0, 0.1) is 6.92 Å². The monoisotopic (exact) mass is 450 g/mol. The van der Waals surface area contributed by atoms with Crippen LogP contribution in [0.25, 0.3) is 11.3 Å². The number of aromatic nitrogens is 4. The van der Waals surface area contributed by atoms with Gasteiger partial charge in [-0.2, -0.15) is 23.3 Å². The van der Waals surface area contributed by atoms with Gasteiger partial charge in [-0.3, -0.25) is 9.48 Å². The fraction of sp³-hybridized carbons (Fsp3) is 0.300. The Bertz CT molecular complexity index is 1110. The predicted molar refractivity (Wildman–Crippen MR) is 109 cm³/mol. The number of halogens is 3. The van der Waals surface area contributed by atoms with Crippen LogP contribution in [-0.4, -0.2) is 43.0 Å². The van der Waals surface area contributed by atoms with Crippen molar-refractivity contribution in [2.24, 2.45) is 12.8 Å². The highest BCUT2D eigenvalue weighted by Gasteiger charge is 2.45. The van der Waals surface area contributed by atoms with E-state index < -0.39 is 24.3 Å². The van der Waals surface area contributed by atoms with Crippen molar-refractivity contribution >= 4 is 11.9 Å². The zero-order chi connectivity index (χ0) is 23.6. The van der Waals surface area contributed by atoms with E-state index in [9.17, 15) is 18.0 Å². The van der Waals surface area contributed by atoms with Gasteiger partial charge >= 0.3 is 12.1 Å². The second kappa shape index (κ2) is 8.83. The summed E-state index contributed by atoms with van der Waals surface area (Å²) in [5.74, 6) is -1.75. The number of rotatable bonds is 7. The summed E-state index contributed by atoms with van der Waals surface area (Å²) in [5.41, 5.74) is 12.9. The molecule has 2 aromatic heterocycles. The molecule has 3 rings (SSSR count). The smallest absolute Gasteiger partial charge is 0.431 e. The van der Waals surface area contributed by atoms with E-state index in [4.69, 9.17) is 21.3 Å². The minimum atomic E-state index is -4.73. The van der Waals surface area contributed by atoms with Crippen LogP contribution in [0.2, 0.25) is 0 Å². The van der Waals surface area contributed by atoms with Crippen LogP contribution < -0.4 is 16.2 Å². The van der Waals surface area contributed by atoms with Gasteiger partial charge in [0.05, 0.1) is 17.1 Å². The van der Waals surface area contributed by atoms with Crippen molar-refractivity contribution in [3.05, 3.63) is 53.3 Å². The maximum atomic E-state index is 13.7. The summed E-state index contributed by atoms with van der Waals surface area (Å²) < 4.78 is 47.5. The van der Waals surface area contributed by atoms with Crippen molar-refractivity contribution in [2.75, 3.05) is 5.73 Å². The third kappa shape index (κ3) is 5.32. The molecular formula is C20H21F3N6O3. The van der Waals surface area contributed by atoms with E-state index in [1.165, 1.54) is 19.2 Å². The molecule has 12 heteroatoms. The molecule has 0 aliphatic carbocycles. The minimum Gasteiger partial charge on any atom is -0.480 e. The Hall–Kier alpha value is -3.67. The summed E-state index contributed by atoms with van der Waals surface area (Å²) in [6.45, 7) is 1.57. The second-order valence-electron chi connectivity index (χ2n) is 7.17. The van der Waals surface area contributed by atoms with Crippen molar-refractivity contribution < 1.29 is 27.8 Å². The zero-order valence-electron chi connectivity index (χ0n) is 17.2. The molecule has 2 heterocycles. The van der Waals surface area contributed by atoms with Gasteiger partial charge in [-0.1, -0.05) is 24.3 Å². The van der Waals surface area contributed by atoms with Gasteiger partial charge in [0, 0.05) is 18.7 Å². The lowest BCUT2D eigenvalue weighted by Crippen LogP contribution is -2.32. The van der Waals surface area contributed by atoms with Crippen molar-refractivity contribution in [3.8, 4) is 17.1 Å². The van der Waals surface area contributed by atoms with Crippen molar-refractivity contribution in [3.63, 3.8) is 0 Å². The molecule has 0 aliphatic rings. The quantitative estimate of drug-likeness (QED) is 0.498.